The third-order valence-electron chi connectivity index (χ3n) is 7.89. The molecule has 6 nitrogen and oxygen atoms in total. The monoisotopic (exact) mass is 553 g/mol. The van der Waals surface area contributed by atoms with Crippen molar-refractivity contribution in [2.45, 2.75) is 63.5 Å². The van der Waals surface area contributed by atoms with Crippen LogP contribution in [0.5, 0.6) is 11.5 Å². The Labute approximate surface area is 242 Å². The minimum absolute atomic E-state index is 0.119. The Bertz CT molecular complexity index is 1340. The quantitative estimate of drug-likeness (QED) is 0.146. The standard InChI is InChI=1S/C35H39NO5/c1-3-5-12-19-39-23-30-24-40-32-21-27(17-18-31(32)41-30)28-20-29(4-2)35(22-28,34(37)38)36-33(25-13-8-6-9-14-25)26-15-10-7-11-16-26/h6-11,13-18,20-21,28,30H,3-5,12,19,22-24H2,1-2H3,(H,37,38). The van der Waals surface area contributed by atoms with E-state index >= 15 is 0 Å². The van der Waals surface area contributed by atoms with Gasteiger partial charge in [0, 0.05) is 23.7 Å². The van der Waals surface area contributed by atoms with E-state index in [1.807, 2.05) is 85.8 Å². The van der Waals surface area contributed by atoms with Gasteiger partial charge in [-0.25, -0.2) is 4.79 Å². The Balaban J connectivity index is 1.40. The van der Waals surface area contributed by atoms with Crippen molar-refractivity contribution in [3.8, 4) is 11.5 Å². The summed E-state index contributed by atoms with van der Waals surface area (Å²) in [5, 5.41) is 10.7. The lowest BCUT2D eigenvalue weighted by atomic mass is 9.86. The van der Waals surface area contributed by atoms with Gasteiger partial charge in [0.1, 0.15) is 6.61 Å². The Morgan fingerprint density at radius 2 is 1.68 bits per heavy atom. The van der Waals surface area contributed by atoms with Gasteiger partial charge in [-0.1, -0.05) is 99.5 Å². The number of fused-ring (bicyclic) bond motifs is 1. The third-order valence-corrected chi connectivity index (χ3v) is 7.89. The summed E-state index contributed by atoms with van der Waals surface area (Å²) in [6.45, 7) is 5.83. The summed E-state index contributed by atoms with van der Waals surface area (Å²) in [6.07, 6.45) is 6.26. The van der Waals surface area contributed by atoms with Crippen LogP contribution in [0.2, 0.25) is 0 Å². The highest BCUT2D eigenvalue weighted by molar-refractivity contribution is 6.14. The second-order valence-corrected chi connectivity index (χ2v) is 10.8. The van der Waals surface area contributed by atoms with Crippen LogP contribution in [0.25, 0.3) is 0 Å². The molecule has 0 saturated heterocycles. The normalized spacial score (nSPS) is 21.3. The summed E-state index contributed by atoms with van der Waals surface area (Å²) in [7, 11) is 0. The molecule has 3 unspecified atom stereocenters. The zero-order valence-corrected chi connectivity index (χ0v) is 23.9. The van der Waals surface area contributed by atoms with Gasteiger partial charge in [-0.05, 0) is 42.5 Å². The van der Waals surface area contributed by atoms with Crippen molar-refractivity contribution < 1.29 is 24.1 Å². The lowest BCUT2D eigenvalue weighted by Gasteiger charge is -2.28. The number of carboxylic acids is 1. The number of benzene rings is 3. The van der Waals surface area contributed by atoms with E-state index in [0.29, 0.717) is 43.3 Å². The maximum Gasteiger partial charge on any atom is 0.335 e. The van der Waals surface area contributed by atoms with Crippen molar-refractivity contribution in [3.63, 3.8) is 0 Å². The number of carboxylic acid groups (broad SMARTS) is 1. The van der Waals surface area contributed by atoms with Crippen LogP contribution in [-0.4, -0.2) is 48.3 Å². The first-order chi connectivity index (χ1) is 20.0. The van der Waals surface area contributed by atoms with Crippen molar-refractivity contribution in [2.75, 3.05) is 19.8 Å². The summed E-state index contributed by atoms with van der Waals surface area (Å²) in [6, 6.07) is 25.6. The number of hydrogen-bond acceptors (Lipinski definition) is 5. The summed E-state index contributed by atoms with van der Waals surface area (Å²) >= 11 is 0. The minimum atomic E-state index is -1.37. The van der Waals surface area contributed by atoms with Gasteiger partial charge in [-0.15, -0.1) is 0 Å². The molecule has 0 saturated carbocycles. The first-order valence-corrected chi connectivity index (χ1v) is 14.7. The van der Waals surface area contributed by atoms with Gasteiger partial charge in [0.15, 0.2) is 23.1 Å². The van der Waals surface area contributed by atoms with E-state index in [4.69, 9.17) is 19.2 Å². The number of aliphatic imine (C=N–C) groups is 1. The molecule has 3 aromatic carbocycles. The summed E-state index contributed by atoms with van der Waals surface area (Å²) in [5.74, 6) is 0.322. The average Bonchev–Trinajstić information content (AvgIpc) is 3.40. The molecule has 0 spiro atoms. The van der Waals surface area contributed by atoms with Crippen molar-refractivity contribution in [1.82, 2.24) is 0 Å². The molecular weight excluding hydrogens is 514 g/mol. The van der Waals surface area contributed by atoms with Crippen LogP contribution >= 0.6 is 0 Å². The molecule has 0 radical (unpaired) electrons. The predicted octanol–water partition coefficient (Wildman–Crippen LogP) is 7.22. The van der Waals surface area contributed by atoms with Gasteiger partial charge >= 0.3 is 5.97 Å². The molecule has 1 heterocycles. The van der Waals surface area contributed by atoms with Crippen molar-refractivity contribution in [1.29, 1.82) is 0 Å². The van der Waals surface area contributed by atoms with E-state index in [1.54, 1.807) is 0 Å². The Kier molecular flexibility index (Phi) is 9.20. The van der Waals surface area contributed by atoms with Gasteiger partial charge < -0.3 is 19.3 Å². The van der Waals surface area contributed by atoms with Crippen LogP contribution in [0.3, 0.4) is 0 Å². The van der Waals surface area contributed by atoms with E-state index in [0.717, 1.165) is 41.7 Å². The average molecular weight is 554 g/mol. The smallest absolute Gasteiger partial charge is 0.335 e. The van der Waals surface area contributed by atoms with E-state index < -0.39 is 11.5 Å². The Morgan fingerprint density at radius 3 is 2.32 bits per heavy atom. The molecule has 3 aromatic rings. The zero-order valence-electron chi connectivity index (χ0n) is 23.9. The topological polar surface area (TPSA) is 77.4 Å². The number of unbranched alkanes of at least 4 members (excludes halogenated alkanes) is 2. The number of nitrogens with zero attached hydrogens (tertiary/aromatic N) is 1. The van der Waals surface area contributed by atoms with Gasteiger partial charge in [0.2, 0.25) is 0 Å². The van der Waals surface area contributed by atoms with E-state index in [9.17, 15) is 9.90 Å². The molecule has 41 heavy (non-hydrogen) atoms. The predicted molar refractivity (Wildman–Crippen MR) is 161 cm³/mol. The Hall–Kier alpha value is -3.90. The van der Waals surface area contributed by atoms with Crippen LogP contribution in [0.1, 0.15) is 68.6 Å². The largest absolute Gasteiger partial charge is 0.486 e. The molecule has 6 heteroatoms. The second kappa shape index (κ2) is 13.2. The Morgan fingerprint density at radius 1 is 0.976 bits per heavy atom. The number of hydrogen-bond donors (Lipinski definition) is 1. The molecule has 3 atom stereocenters. The fraction of sp³-hybridized carbons (Fsp3) is 0.371. The number of ether oxygens (including phenoxy) is 3. The van der Waals surface area contributed by atoms with E-state index in [-0.39, 0.29) is 12.0 Å². The lowest BCUT2D eigenvalue weighted by Crippen LogP contribution is -2.38. The molecule has 2 aliphatic rings. The van der Waals surface area contributed by atoms with E-state index in [2.05, 4.69) is 13.0 Å². The first-order valence-electron chi connectivity index (χ1n) is 14.7. The molecule has 214 valence electrons. The molecule has 0 amide bonds. The van der Waals surface area contributed by atoms with Crippen molar-refractivity contribution in [3.05, 3.63) is 107 Å². The summed E-state index contributed by atoms with van der Waals surface area (Å²) in [4.78, 5) is 18.2. The maximum absolute atomic E-state index is 13.1. The molecule has 0 fully saturated rings. The minimum Gasteiger partial charge on any atom is -0.486 e. The van der Waals surface area contributed by atoms with Gasteiger partial charge in [0.05, 0.1) is 12.3 Å². The fourth-order valence-corrected chi connectivity index (χ4v) is 5.69. The lowest BCUT2D eigenvalue weighted by molar-refractivity contribution is -0.141. The molecule has 0 bridgehead atoms. The highest BCUT2D eigenvalue weighted by Gasteiger charge is 2.48. The van der Waals surface area contributed by atoms with Crippen molar-refractivity contribution in [2.24, 2.45) is 4.99 Å². The van der Waals surface area contributed by atoms with Gasteiger partial charge in [0.25, 0.3) is 0 Å². The summed E-state index contributed by atoms with van der Waals surface area (Å²) < 4.78 is 18.0. The zero-order chi connectivity index (χ0) is 28.7. The molecule has 5 rings (SSSR count). The van der Waals surface area contributed by atoms with Crippen LogP contribution in [0.4, 0.5) is 0 Å². The van der Waals surface area contributed by atoms with Gasteiger partial charge in [-0.3, -0.25) is 4.99 Å². The highest BCUT2D eigenvalue weighted by Crippen LogP contribution is 2.46. The number of carbonyl (C=O) groups is 1. The third kappa shape index (κ3) is 6.38. The molecule has 0 aromatic heterocycles. The molecular formula is C35H39NO5. The molecule has 1 N–H and O–H groups in total. The van der Waals surface area contributed by atoms with Gasteiger partial charge in [-0.2, -0.15) is 0 Å². The second-order valence-electron chi connectivity index (χ2n) is 10.8. The molecule has 1 aliphatic carbocycles. The van der Waals surface area contributed by atoms with Crippen molar-refractivity contribution >= 4 is 11.7 Å². The summed E-state index contributed by atoms with van der Waals surface area (Å²) in [5.41, 5.74) is 2.90. The molecule has 1 aliphatic heterocycles. The number of aliphatic carboxylic acids is 1. The number of rotatable bonds is 12. The highest BCUT2D eigenvalue weighted by atomic mass is 16.6. The van der Waals surface area contributed by atoms with Crippen LogP contribution in [-0.2, 0) is 9.53 Å². The van der Waals surface area contributed by atoms with Crippen LogP contribution in [0.15, 0.2) is 95.5 Å². The van der Waals surface area contributed by atoms with Crippen LogP contribution < -0.4 is 9.47 Å². The van der Waals surface area contributed by atoms with Crippen LogP contribution in [0, 0.1) is 0 Å². The fourth-order valence-electron chi connectivity index (χ4n) is 5.69. The first kappa shape index (κ1) is 28.6. The SMILES string of the molecule is CCCCCOCC1COc2cc(C3C=C(CC)C(N=C(c4ccccc4)c4ccccc4)(C(=O)O)C3)ccc2O1. The maximum atomic E-state index is 13.1. The number of allylic oxidation sites excluding steroid dienone is 1. The van der Waals surface area contributed by atoms with E-state index in [1.165, 1.54) is 6.42 Å².